The zero-order valence-electron chi connectivity index (χ0n) is 16.8. The predicted molar refractivity (Wildman–Crippen MR) is 111 cm³/mol. The number of carbonyl (C=O) groups is 1. The topological polar surface area (TPSA) is 40.5 Å². The highest BCUT2D eigenvalue weighted by Gasteiger charge is 2.40. The summed E-state index contributed by atoms with van der Waals surface area (Å²) in [4.78, 5) is 14.0. The van der Waals surface area contributed by atoms with E-state index in [0.29, 0.717) is 42.2 Å². The molecular formula is C23H26F3NO2S. The van der Waals surface area contributed by atoms with Gasteiger partial charge in [0.05, 0.1) is 10.6 Å². The molecule has 1 aliphatic heterocycles. The third-order valence-electron chi connectivity index (χ3n) is 6.59. The quantitative estimate of drug-likeness (QED) is 0.438. The van der Waals surface area contributed by atoms with Gasteiger partial charge in [0.25, 0.3) is 0 Å². The summed E-state index contributed by atoms with van der Waals surface area (Å²) < 4.78 is 39.9. The van der Waals surface area contributed by atoms with Crippen molar-refractivity contribution in [3.63, 3.8) is 0 Å². The molecule has 3 aliphatic rings. The van der Waals surface area contributed by atoms with E-state index >= 15 is 0 Å². The number of rotatable bonds is 8. The average Bonchev–Trinajstić information content (AvgIpc) is 3.33. The van der Waals surface area contributed by atoms with Crippen LogP contribution >= 0.6 is 11.8 Å². The van der Waals surface area contributed by atoms with E-state index in [9.17, 15) is 23.1 Å². The van der Waals surface area contributed by atoms with Gasteiger partial charge in [0.15, 0.2) is 17.5 Å². The lowest BCUT2D eigenvalue weighted by Crippen LogP contribution is -2.33. The van der Waals surface area contributed by atoms with E-state index in [4.69, 9.17) is 0 Å². The molecule has 1 aromatic carbocycles. The van der Waals surface area contributed by atoms with Gasteiger partial charge in [0.1, 0.15) is 0 Å². The summed E-state index contributed by atoms with van der Waals surface area (Å²) in [5, 5.41) is 10.4. The SMILES string of the molecule is O=C(O)C1=C(SCCCc2cc(F)c(F)c(F)c2)N(CC2CC3CCC2C3)CC=C1. The van der Waals surface area contributed by atoms with E-state index in [2.05, 4.69) is 4.90 Å². The smallest absolute Gasteiger partial charge is 0.338 e. The molecule has 1 N–H and O–H groups in total. The van der Waals surface area contributed by atoms with E-state index in [-0.39, 0.29) is 0 Å². The molecular weight excluding hydrogens is 411 g/mol. The molecule has 2 fully saturated rings. The van der Waals surface area contributed by atoms with Crippen LogP contribution < -0.4 is 0 Å². The first kappa shape index (κ1) is 21.3. The number of aliphatic carboxylic acids is 1. The average molecular weight is 438 g/mol. The molecule has 1 heterocycles. The van der Waals surface area contributed by atoms with E-state index in [1.807, 2.05) is 6.08 Å². The van der Waals surface area contributed by atoms with Gasteiger partial charge in [-0.1, -0.05) is 12.5 Å². The number of nitrogens with zero attached hydrogens (tertiary/aromatic N) is 1. The third-order valence-corrected chi connectivity index (χ3v) is 7.83. The van der Waals surface area contributed by atoms with Crippen LogP contribution in [0, 0.1) is 35.2 Å². The van der Waals surface area contributed by atoms with Gasteiger partial charge < -0.3 is 10.0 Å². The van der Waals surface area contributed by atoms with Crippen molar-refractivity contribution >= 4 is 17.7 Å². The Balaban J connectivity index is 1.38. The van der Waals surface area contributed by atoms with Crippen molar-refractivity contribution in [2.45, 2.75) is 38.5 Å². The monoisotopic (exact) mass is 437 g/mol. The van der Waals surface area contributed by atoms with Gasteiger partial charge in [-0.15, -0.1) is 11.8 Å². The molecule has 2 aliphatic carbocycles. The van der Waals surface area contributed by atoms with Gasteiger partial charge in [0, 0.05) is 13.1 Å². The molecule has 0 saturated heterocycles. The van der Waals surface area contributed by atoms with Crippen LogP contribution in [0.4, 0.5) is 13.2 Å². The number of thioether (sulfide) groups is 1. The Morgan fingerprint density at radius 3 is 2.57 bits per heavy atom. The number of halogens is 3. The first-order valence-electron chi connectivity index (χ1n) is 10.6. The Bertz CT molecular complexity index is 862. The number of carboxylic acid groups (broad SMARTS) is 1. The Morgan fingerprint density at radius 2 is 1.93 bits per heavy atom. The summed E-state index contributed by atoms with van der Waals surface area (Å²) in [5.41, 5.74) is 0.718. The fourth-order valence-corrected chi connectivity index (χ4v) is 6.32. The van der Waals surface area contributed by atoms with Gasteiger partial charge in [-0.2, -0.15) is 0 Å². The summed E-state index contributed by atoms with van der Waals surface area (Å²) in [5.74, 6) is -1.88. The molecule has 162 valence electrons. The Kier molecular flexibility index (Phi) is 6.46. The van der Waals surface area contributed by atoms with Crippen LogP contribution in [0.2, 0.25) is 0 Å². The molecule has 3 nitrogen and oxygen atoms in total. The highest BCUT2D eigenvalue weighted by molar-refractivity contribution is 8.03. The second-order valence-electron chi connectivity index (χ2n) is 8.59. The predicted octanol–water partition coefficient (Wildman–Crippen LogP) is 5.37. The second-order valence-corrected chi connectivity index (χ2v) is 9.68. The fourth-order valence-electron chi connectivity index (χ4n) is 5.19. The summed E-state index contributed by atoms with van der Waals surface area (Å²) in [7, 11) is 0. The number of fused-ring (bicyclic) bond motifs is 2. The maximum Gasteiger partial charge on any atom is 0.338 e. The van der Waals surface area contributed by atoms with Gasteiger partial charge in [-0.25, -0.2) is 18.0 Å². The van der Waals surface area contributed by atoms with Crippen LogP contribution in [-0.4, -0.2) is 34.8 Å². The van der Waals surface area contributed by atoms with Crippen LogP contribution in [0.1, 0.15) is 37.7 Å². The lowest BCUT2D eigenvalue weighted by atomic mass is 9.88. The lowest BCUT2D eigenvalue weighted by Gasteiger charge is -2.34. The van der Waals surface area contributed by atoms with Gasteiger partial charge in [-0.05, 0) is 79.4 Å². The van der Waals surface area contributed by atoms with E-state index in [0.717, 1.165) is 35.5 Å². The number of hydrogen-bond donors (Lipinski definition) is 1. The van der Waals surface area contributed by atoms with Gasteiger partial charge in [0.2, 0.25) is 0 Å². The molecule has 3 atom stereocenters. The standard InChI is InChI=1S/C23H26F3NO2S/c24-19-11-14(12-20(25)21(19)26)3-2-8-30-22-18(23(28)29)4-1-7-27(22)13-17-10-15-5-6-16(17)9-15/h1,4,11-12,15-17H,2-3,5-10,13H2,(H,28,29). The van der Waals surface area contributed by atoms with Crippen molar-refractivity contribution in [2.24, 2.45) is 17.8 Å². The number of hydrogen-bond acceptors (Lipinski definition) is 3. The highest BCUT2D eigenvalue weighted by atomic mass is 32.2. The molecule has 0 aromatic heterocycles. The Labute approximate surface area is 179 Å². The van der Waals surface area contributed by atoms with Gasteiger partial charge >= 0.3 is 5.97 Å². The maximum atomic E-state index is 13.4. The van der Waals surface area contributed by atoms with Crippen LogP contribution in [0.25, 0.3) is 0 Å². The lowest BCUT2D eigenvalue weighted by molar-refractivity contribution is -0.132. The van der Waals surface area contributed by atoms with Crippen LogP contribution in [-0.2, 0) is 11.2 Å². The number of aryl methyl sites for hydroxylation is 1. The Hall–Kier alpha value is -1.89. The summed E-state index contributed by atoms with van der Waals surface area (Å²) in [6.45, 7) is 1.60. The summed E-state index contributed by atoms with van der Waals surface area (Å²) in [6.07, 6.45) is 9.78. The largest absolute Gasteiger partial charge is 0.478 e. The Morgan fingerprint density at radius 1 is 1.17 bits per heavy atom. The van der Waals surface area contributed by atoms with Crippen molar-refractivity contribution in [3.8, 4) is 0 Å². The first-order chi connectivity index (χ1) is 14.4. The molecule has 3 unspecified atom stereocenters. The van der Waals surface area contributed by atoms with Crippen LogP contribution in [0.5, 0.6) is 0 Å². The minimum atomic E-state index is -1.45. The van der Waals surface area contributed by atoms with E-state index in [1.54, 1.807) is 6.08 Å². The van der Waals surface area contributed by atoms with Crippen molar-refractivity contribution in [1.82, 2.24) is 4.90 Å². The highest BCUT2D eigenvalue weighted by Crippen LogP contribution is 2.49. The molecule has 30 heavy (non-hydrogen) atoms. The minimum Gasteiger partial charge on any atom is -0.478 e. The fraction of sp³-hybridized carbons (Fsp3) is 0.522. The summed E-state index contributed by atoms with van der Waals surface area (Å²) in [6, 6.07) is 2.05. The third kappa shape index (κ3) is 4.56. The molecule has 4 rings (SSSR count). The molecule has 2 bridgehead atoms. The molecule has 0 amide bonds. The van der Waals surface area contributed by atoms with Crippen molar-refractivity contribution < 1.29 is 23.1 Å². The van der Waals surface area contributed by atoms with E-state index < -0.39 is 23.4 Å². The van der Waals surface area contributed by atoms with Crippen LogP contribution in [0.3, 0.4) is 0 Å². The molecule has 1 aromatic rings. The number of carboxylic acids is 1. The molecule has 0 spiro atoms. The van der Waals surface area contributed by atoms with Crippen molar-refractivity contribution in [3.05, 3.63) is 57.9 Å². The minimum absolute atomic E-state index is 0.313. The van der Waals surface area contributed by atoms with Crippen molar-refractivity contribution in [2.75, 3.05) is 18.8 Å². The van der Waals surface area contributed by atoms with Gasteiger partial charge in [-0.3, -0.25) is 0 Å². The molecule has 0 radical (unpaired) electrons. The molecule has 2 saturated carbocycles. The van der Waals surface area contributed by atoms with Crippen molar-refractivity contribution in [1.29, 1.82) is 0 Å². The first-order valence-corrected chi connectivity index (χ1v) is 11.6. The normalized spacial score (nSPS) is 25.4. The van der Waals surface area contributed by atoms with Crippen LogP contribution in [0.15, 0.2) is 34.9 Å². The zero-order chi connectivity index (χ0) is 21.3. The molecule has 7 heteroatoms. The maximum absolute atomic E-state index is 13.4. The van der Waals surface area contributed by atoms with E-state index in [1.165, 1.54) is 37.4 Å². The number of benzene rings is 1. The zero-order valence-corrected chi connectivity index (χ0v) is 17.6. The second kappa shape index (κ2) is 9.08. The summed E-state index contributed by atoms with van der Waals surface area (Å²) >= 11 is 1.49.